The van der Waals surface area contributed by atoms with E-state index >= 15 is 0 Å². The van der Waals surface area contributed by atoms with Gasteiger partial charge in [-0.3, -0.25) is 0 Å². The summed E-state index contributed by atoms with van der Waals surface area (Å²) < 4.78 is 5.20. The highest BCUT2D eigenvalue weighted by atomic mass is 79.9. The van der Waals surface area contributed by atoms with Crippen molar-refractivity contribution in [3.8, 4) is 0 Å². The van der Waals surface area contributed by atoms with E-state index in [1.54, 1.807) is 0 Å². The predicted octanol–water partition coefficient (Wildman–Crippen LogP) is 1.58. The summed E-state index contributed by atoms with van der Waals surface area (Å²) in [6.45, 7) is 0.467. The van der Waals surface area contributed by atoms with Gasteiger partial charge in [0, 0.05) is 23.6 Å². The van der Waals surface area contributed by atoms with Crippen LogP contribution in [0.5, 0.6) is 0 Å². The molecule has 8 heteroatoms. The van der Waals surface area contributed by atoms with E-state index < -0.39 is 5.97 Å². The highest BCUT2D eigenvalue weighted by Gasteiger charge is 2.11. The van der Waals surface area contributed by atoms with Crippen molar-refractivity contribution in [2.24, 2.45) is 0 Å². The smallest absolute Gasteiger partial charge is 0.339 e. The van der Waals surface area contributed by atoms with Gasteiger partial charge in [0.25, 0.3) is 0 Å². The number of nitrogens with zero attached hydrogens (tertiary/aromatic N) is 3. The zero-order valence-electron chi connectivity index (χ0n) is 9.13. The second kappa shape index (κ2) is 5.58. The van der Waals surface area contributed by atoms with Crippen LogP contribution in [0.1, 0.15) is 16.2 Å². The van der Waals surface area contributed by atoms with E-state index in [4.69, 9.17) is 5.11 Å². The maximum atomic E-state index is 11.0. The van der Waals surface area contributed by atoms with Crippen LogP contribution in [0.15, 0.2) is 27.7 Å². The number of nitrogens with one attached hydrogen (secondary N) is 1. The second-order valence-electron chi connectivity index (χ2n) is 3.38. The molecule has 0 spiro atoms. The molecule has 2 aromatic heterocycles. The minimum atomic E-state index is -1.04. The van der Waals surface area contributed by atoms with Crippen molar-refractivity contribution in [3.05, 3.63) is 34.5 Å². The Kier molecular flexibility index (Phi) is 3.88. The van der Waals surface area contributed by atoms with Gasteiger partial charge in [-0.1, -0.05) is 5.16 Å². The molecule has 0 aliphatic rings. The van der Waals surface area contributed by atoms with Gasteiger partial charge in [0.2, 0.25) is 6.39 Å². The van der Waals surface area contributed by atoms with Crippen LogP contribution in [-0.2, 0) is 6.42 Å². The molecule has 0 amide bonds. The lowest BCUT2D eigenvalue weighted by Crippen LogP contribution is -2.11. The molecule has 0 atom stereocenters. The first-order chi connectivity index (χ1) is 8.66. The number of carboxylic acid groups (broad SMARTS) is 1. The third-order valence-corrected chi connectivity index (χ3v) is 2.57. The SMILES string of the molecule is O=C(O)c1cc(Br)cnc1NCCc1ncon1. The number of carboxylic acids is 1. The van der Waals surface area contributed by atoms with Crippen molar-refractivity contribution in [2.45, 2.75) is 6.42 Å². The number of hydrogen-bond acceptors (Lipinski definition) is 6. The molecule has 0 saturated heterocycles. The van der Waals surface area contributed by atoms with Crippen LogP contribution in [0.3, 0.4) is 0 Å². The molecule has 0 fully saturated rings. The first kappa shape index (κ1) is 12.5. The van der Waals surface area contributed by atoms with Crippen molar-refractivity contribution < 1.29 is 14.4 Å². The molecule has 0 saturated carbocycles. The molecule has 94 valence electrons. The maximum Gasteiger partial charge on any atom is 0.339 e. The number of hydrogen-bond donors (Lipinski definition) is 2. The Morgan fingerprint density at radius 2 is 2.33 bits per heavy atom. The lowest BCUT2D eigenvalue weighted by atomic mass is 10.2. The minimum Gasteiger partial charge on any atom is -0.478 e. The fourth-order valence-corrected chi connectivity index (χ4v) is 1.67. The van der Waals surface area contributed by atoms with Crippen LogP contribution in [0, 0.1) is 0 Å². The van der Waals surface area contributed by atoms with Crippen molar-refractivity contribution in [1.82, 2.24) is 15.1 Å². The van der Waals surface area contributed by atoms with Crippen molar-refractivity contribution in [1.29, 1.82) is 0 Å². The van der Waals surface area contributed by atoms with Crippen LogP contribution < -0.4 is 5.32 Å². The molecule has 0 aliphatic heterocycles. The summed E-state index contributed by atoms with van der Waals surface area (Å²) in [5.41, 5.74) is 0.109. The molecular formula is C10H9BrN4O3. The van der Waals surface area contributed by atoms with Gasteiger partial charge in [-0.15, -0.1) is 0 Å². The molecule has 7 nitrogen and oxygen atoms in total. The summed E-state index contributed by atoms with van der Waals surface area (Å²) in [5, 5.41) is 15.6. The van der Waals surface area contributed by atoms with E-state index in [0.717, 1.165) is 0 Å². The van der Waals surface area contributed by atoms with E-state index in [1.165, 1.54) is 18.7 Å². The highest BCUT2D eigenvalue weighted by Crippen LogP contribution is 2.17. The van der Waals surface area contributed by atoms with E-state index in [2.05, 4.69) is 40.9 Å². The Morgan fingerprint density at radius 3 is 3.00 bits per heavy atom. The average molecular weight is 313 g/mol. The topological polar surface area (TPSA) is 101 Å². The first-order valence-corrected chi connectivity index (χ1v) is 5.84. The van der Waals surface area contributed by atoms with Gasteiger partial charge in [-0.05, 0) is 22.0 Å². The summed E-state index contributed by atoms with van der Waals surface area (Å²) >= 11 is 3.18. The van der Waals surface area contributed by atoms with Crippen molar-refractivity contribution in [2.75, 3.05) is 11.9 Å². The summed E-state index contributed by atoms with van der Waals surface area (Å²) in [6, 6.07) is 1.49. The van der Waals surface area contributed by atoms with Gasteiger partial charge < -0.3 is 14.9 Å². The number of anilines is 1. The largest absolute Gasteiger partial charge is 0.478 e. The Labute approximate surface area is 110 Å². The second-order valence-corrected chi connectivity index (χ2v) is 4.29. The fourth-order valence-electron chi connectivity index (χ4n) is 1.34. The maximum absolute atomic E-state index is 11.0. The number of aromatic nitrogens is 3. The molecule has 0 aliphatic carbocycles. The molecule has 2 rings (SSSR count). The molecule has 0 unspecified atom stereocenters. The molecule has 2 aromatic rings. The molecule has 2 heterocycles. The number of pyridine rings is 1. The zero-order valence-corrected chi connectivity index (χ0v) is 10.7. The van der Waals surface area contributed by atoms with Gasteiger partial charge in [-0.25, -0.2) is 9.78 Å². The quantitative estimate of drug-likeness (QED) is 0.864. The monoisotopic (exact) mass is 312 g/mol. The lowest BCUT2D eigenvalue weighted by Gasteiger charge is -2.07. The first-order valence-electron chi connectivity index (χ1n) is 5.05. The van der Waals surface area contributed by atoms with Crippen molar-refractivity contribution >= 4 is 27.7 Å². The third-order valence-electron chi connectivity index (χ3n) is 2.13. The minimum absolute atomic E-state index is 0.109. The van der Waals surface area contributed by atoms with Crippen molar-refractivity contribution in [3.63, 3.8) is 0 Å². The zero-order chi connectivity index (χ0) is 13.0. The Balaban J connectivity index is 2.02. The Hall–Kier alpha value is -1.96. The van der Waals surface area contributed by atoms with E-state index in [9.17, 15) is 4.79 Å². The van der Waals surface area contributed by atoms with Crippen LogP contribution >= 0.6 is 15.9 Å². The highest BCUT2D eigenvalue weighted by molar-refractivity contribution is 9.10. The summed E-state index contributed by atoms with van der Waals surface area (Å²) in [6.07, 6.45) is 3.30. The molecule has 2 N–H and O–H groups in total. The molecule has 0 radical (unpaired) electrons. The Bertz CT molecular complexity index is 544. The normalized spacial score (nSPS) is 10.3. The van der Waals surface area contributed by atoms with E-state index in [0.29, 0.717) is 29.1 Å². The Morgan fingerprint density at radius 1 is 1.50 bits per heavy atom. The van der Waals surface area contributed by atoms with Crippen LogP contribution in [0.2, 0.25) is 0 Å². The van der Waals surface area contributed by atoms with Gasteiger partial charge in [0.05, 0.1) is 0 Å². The standard InChI is InChI=1S/C10H9BrN4O3/c11-6-3-7(10(16)17)9(13-4-6)12-2-1-8-14-5-18-15-8/h3-5H,1-2H2,(H,12,13)(H,16,17). The van der Waals surface area contributed by atoms with Gasteiger partial charge in [-0.2, -0.15) is 4.98 Å². The molecule has 0 aromatic carbocycles. The predicted molar refractivity (Wildman–Crippen MR) is 65.4 cm³/mol. The molecule has 18 heavy (non-hydrogen) atoms. The number of carbonyl (C=O) groups is 1. The summed E-state index contributed by atoms with van der Waals surface area (Å²) in [7, 11) is 0. The lowest BCUT2D eigenvalue weighted by molar-refractivity contribution is 0.0697. The number of aromatic carboxylic acids is 1. The van der Waals surface area contributed by atoms with Gasteiger partial charge in [0.1, 0.15) is 11.4 Å². The number of rotatable bonds is 5. The third kappa shape index (κ3) is 3.04. The molecular weight excluding hydrogens is 304 g/mol. The summed E-state index contributed by atoms with van der Waals surface area (Å²) in [5.74, 6) is -0.170. The van der Waals surface area contributed by atoms with Crippen LogP contribution in [-0.4, -0.2) is 32.7 Å². The average Bonchev–Trinajstić information content (AvgIpc) is 2.84. The fraction of sp³-hybridized carbons (Fsp3) is 0.200. The van der Waals surface area contributed by atoms with Crippen LogP contribution in [0.4, 0.5) is 5.82 Å². The summed E-state index contributed by atoms with van der Waals surface area (Å²) in [4.78, 5) is 18.9. The van der Waals surface area contributed by atoms with Gasteiger partial charge in [0.15, 0.2) is 5.82 Å². The van der Waals surface area contributed by atoms with Gasteiger partial charge >= 0.3 is 5.97 Å². The van der Waals surface area contributed by atoms with E-state index in [1.807, 2.05) is 0 Å². The van der Waals surface area contributed by atoms with Crippen LogP contribution in [0.25, 0.3) is 0 Å². The number of halogens is 1. The van der Waals surface area contributed by atoms with E-state index in [-0.39, 0.29) is 5.56 Å². The molecule has 0 bridgehead atoms.